The minimum Gasteiger partial charge on any atom is -0.354 e. The van der Waals surface area contributed by atoms with Gasteiger partial charge >= 0.3 is 0 Å². The van der Waals surface area contributed by atoms with Crippen LogP contribution in [0.2, 0.25) is 0 Å². The van der Waals surface area contributed by atoms with Crippen molar-refractivity contribution in [3.8, 4) is 44.5 Å². The van der Waals surface area contributed by atoms with Crippen molar-refractivity contribution in [2.24, 2.45) is 0 Å². The lowest BCUT2D eigenvalue weighted by molar-refractivity contribution is 0.606. The van der Waals surface area contributed by atoms with Crippen LogP contribution in [0.3, 0.4) is 0 Å². The fraction of sp³-hybridized carbons (Fsp3) is 0.0417. The SMILES string of the molecule is O=S1(=O)C=C(c2cc3[nH]c2c(-c2ccccc2)c2nc(c(-c4ccccc4)c4ccc([nH]4)c(-c4ccccc4)c4nc(c3-c3ccccc3)C=C4)C=C2)CC1. The molecular formula is C48H34N4O2S. The molecule has 264 valence electrons. The lowest BCUT2D eigenvalue weighted by atomic mass is 9.98. The first-order valence-electron chi connectivity index (χ1n) is 18.3. The molecule has 6 nitrogen and oxygen atoms in total. The Balaban J connectivity index is 1.45. The first-order valence-corrected chi connectivity index (χ1v) is 20.1. The van der Waals surface area contributed by atoms with E-state index in [0.717, 1.165) is 100 Å². The van der Waals surface area contributed by atoms with E-state index in [-0.39, 0.29) is 5.75 Å². The molecule has 10 rings (SSSR count). The van der Waals surface area contributed by atoms with Gasteiger partial charge in [0.1, 0.15) is 0 Å². The number of sulfone groups is 1. The minimum absolute atomic E-state index is 0.0796. The molecular weight excluding hydrogens is 697 g/mol. The Morgan fingerprint density at radius 2 is 0.855 bits per heavy atom. The Morgan fingerprint density at radius 3 is 1.27 bits per heavy atom. The first-order chi connectivity index (χ1) is 27.0. The van der Waals surface area contributed by atoms with E-state index in [1.54, 1.807) is 0 Å². The Bertz CT molecular complexity index is 3020. The fourth-order valence-electron chi connectivity index (χ4n) is 7.96. The first kappa shape index (κ1) is 32.8. The Morgan fingerprint density at radius 1 is 0.455 bits per heavy atom. The third-order valence-electron chi connectivity index (χ3n) is 10.4. The maximum absolute atomic E-state index is 13.0. The number of nitrogens with one attached hydrogen (secondary N) is 2. The van der Waals surface area contributed by atoms with E-state index in [1.165, 1.54) is 5.41 Å². The van der Waals surface area contributed by atoms with Crippen LogP contribution in [0.25, 0.3) is 96.5 Å². The molecule has 7 aromatic rings. The van der Waals surface area contributed by atoms with Gasteiger partial charge < -0.3 is 9.97 Å². The monoisotopic (exact) mass is 730 g/mol. The van der Waals surface area contributed by atoms with Crippen LogP contribution in [0, 0.1) is 0 Å². The Labute approximate surface area is 318 Å². The number of hydrogen-bond acceptors (Lipinski definition) is 4. The number of nitrogens with zero attached hydrogens (tertiary/aromatic N) is 2. The van der Waals surface area contributed by atoms with E-state index in [9.17, 15) is 8.42 Å². The van der Waals surface area contributed by atoms with E-state index in [2.05, 4.69) is 101 Å². The number of fused-ring (bicyclic) bond motifs is 8. The molecule has 0 fully saturated rings. The summed E-state index contributed by atoms with van der Waals surface area (Å²) in [6, 6.07) is 47.5. The highest BCUT2D eigenvalue weighted by Crippen LogP contribution is 2.42. The summed E-state index contributed by atoms with van der Waals surface area (Å²) in [5, 5.41) is 1.45. The highest BCUT2D eigenvalue weighted by molar-refractivity contribution is 7.94. The summed E-state index contributed by atoms with van der Waals surface area (Å²) in [4.78, 5) is 18.4. The number of rotatable bonds is 5. The van der Waals surface area contributed by atoms with Gasteiger partial charge in [-0.1, -0.05) is 121 Å². The molecule has 0 unspecified atom stereocenters. The standard InChI is InChI=1S/C48H34N4O2S/c53-55(54)28-27-35(30-55)36-29-43-46(33-17-9-3-10-18-33)41-24-23-39(50-41)44(31-13-5-1-6-14-31)37-21-22-38(49-37)45(32-15-7-2-8-16-32)40-25-26-42(51-40)47(48(36)52-43)34-19-11-4-12-20-34/h1-26,29-30,49,52H,27-28H2. The summed E-state index contributed by atoms with van der Waals surface area (Å²) in [5.41, 5.74) is 16.1. The number of allylic oxidation sites excluding steroid dienone is 1. The zero-order valence-corrected chi connectivity index (χ0v) is 30.5. The molecule has 0 saturated carbocycles. The average molecular weight is 731 g/mol. The van der Waals surface area contributed by atoms with E-state index >= 15 is 0 Å². The Kier molecular flexibility index (Phi) is 7.89. The predicted molar refractivity (Wildman–Crippen MR) is 227 cm³/mol. The van der Waals surface area contributed by atoms with Gasteiger partial charge in [-0.2, -0.15) is 0 Å². The van der Waals surface area contributed by atoms with E-state index < -0.39 is 9.84 Å². The summed E-state index contributed by atoms with van der Waals surface area (Å²) < 4.78 is 26.0. The molecule has 0 atom stereocenters. The van der Waals surface area contributed by atoms with Crippen molar-refractivity contribution in [2.75, 3.05) is 5.75 Å². The quantitative estimate of drug-likeness (QED) is 0.184. The van der Waals surface area contributed by atoms with Crippen LogP contribution >= 0.6 is 0 Å². The van der Waals surface area contributed by atoms with Crippen LogP contribution in [-0.4, -0.2) is 34.1 Å². The third-order valence-corrected chi connectivity index (χ3v) is 11.9. The number of hydrogen-bond donors (Lipinski definition) is 2. The second kappa shape index (κ2) is 13.2. The van der Waals surface area contributed by atoms with Crippen molar-refractivity contribution >= 4 is 61.8 Å². The topological polar surface area (TPSA) is 91.5 Å². The normalized spacial score (nSPS) is 14.3. The van der Waals surface area contributed by atoms with Crippen molar-refractivity contribution < 1.29 is 8.42 Å². The summed E-state index contributed by atoms with van der Waals surface area (Å²) in [5.74, 6) is 0.0796. The molecule has 3 aromatic heterocycles. The third kappa shape index (κ3) is 5.95. The molecule has 0 aliphatic carbocycles. The lowest BCUT2D eigenvalue weighted by Crippen LogP contribution is -1.92. The zero-order chi connectivity index (χ0) is 36.9. The second-order valence-corrected chi connectivity index (χ2v) is 15.9. The van der Waals surface area contributed by atoms with Gasteiger partial charge in [0.15, 0.2) is 9.84 Å². The molecule has 3 aliphatic heterocycles. The van der Waals surface area contributed by atoms with Gasteiger partial charge in [-0.15, -0.1) is 0 Å². The highest BCUT2D eigenvalue weighted by Gasteiger charge is 2.25. The summed E-state index contributed by atoms with van der Waals surface area (Å²) >= 11 is 0. The smallest absolute Gasteiger partial charge is 0.172 e. The molecule has 4 aromatic carbocycles. The van der Waals surface area contributed by atoms with Crippen LogP contribution in [0.15, 0.2) is 145 Å². The van der Waals surface area contributed by atoms with Gasteiger partial charge in [-0.25, -0.2) is 18.4 Å². The Hall–Kier alpha value is -6.83. The molecule has 8 bridgehead atoms. The van der Waals surface area contributed by atoms with Gasteiger partial charge in [-0.3, -0.25) is 0 Å². The summed E-state index contributed by atoms with van der Waals surface area (Å²) in [6.07, 6.45) is 8.74. The van der Waals surface area contributed by atoms with E-state index in [4.69, 9.17) is 9.97 Å². The van der Waals surface area contributed by atoms with E-state index in [1.807, 2.05) is 72.8 Å². The number of aromatic nitrogens is 4. The van der Waals surface area contributed by atoms with Crippen LogP contribution in [0.5, 0.6) is 0 Å². The van der Waals surface area contributed by atoms with Crippen molar-refractivity contribution in [3.05, 3.63) is 173 Å². The fourth-order valence-corrected chi connectivity index (χ4v) is 9.26. The zero-order valence-electron chi connectivity index (χ0n) is 29.7. The van der Waals surface area contributed by atoms with Crippen LogP contribution < -0.4 is 0 Å². The van der Waals surface area contributed by atoms with Crippen molar-refractivity contribution in [1.82, 2.24) is 19.9 Å². The summed E-state index contributed by atoms with van der Waals surface area (Å²) in [6.45, 7) is 0. The average Bonchev–Trinajstić information content (AvgIpc) is 4.08. The van der Waals surface area contributed by atoms with Crippen molar-refractivity contribution in [1.29, 1.82) is 0 Å². The molecule has 0 radical (unpaired) electrons. The largest absolute Gasteiger partial charge is 0.354 e. The lowest BCUT2D eigenvalue weighted by Gasteiger charge is -2.08. The van der Waals surface area contributed by atoms with Crippen molar-refractivity contribution in [2.45, 2.75) is 6.42 Å². The van der Waals surface area contributed by atoms with Crippen LogP contribution in [-0.2, 0) is 9.84 Å². The molecule has 7 heteroatoms. The minimum atomic E-state index is -3.35. The number of benzene rings is 4. The number of aromatic amines is 2. The molecule has 6 heterocycles. The maximum Gasteiger partial charge on any atom is 0.172 e. The highest BCUT2D eigenvalue weighted by atomic mass is 32.2. The van der Waals surface area contributed by atoms with E-state index in [0.29, 0.717) is 6.42 Å². The van der Waals surface area contributed by atoms with Gasteiger partial charge in [-0.05, 0) is 76.8 Å². The second-order valence-electron chi connectivity index (χ2n) is 13.9. The molecule has 3 aliphatic rings. The molecule has 55 heavy (non-hydrogen) atoms. The van der Waals surface area contributed by atoms with Crippen molar-refractivity contribution in [3.63, 3.8) is 0 Å². The molecule has 0 saturated heterocycles. The summed E-state index contributed by atoms with van der Waals surface area (Å²) in [7, 11) is -3.35. The van der Waals surface area contributed by atoms with Gasteiger partial charge in [0.2, 0.25) is 0 Å². The molecule has 0 spiro atoms. The molecule has 0 amide bonds. The number of H-pyrrole nitrogens is 2. The van der Waals surface area contributed by atoms with Gasteiger partial charge in [0.25, 0.3) is 0 Å². The molecule has 2 N–H and O–H groups in total. The van der Waals surface area contributed by atoms with Crippen LogP contribution in [0.1, 0.15) is 34.8 Å². The van der Waals surface area contributed by atoms with Crippen LogP contribution in [0.4, 0.5) is 0 Å². The van der Waals surface area contributed by atoms with Gasteiger partial charge in [0, 0.05) is 49.8 Å². The predicted octanol–water partition coefficient (Wildman–Crippen LogP) is 11.5. The van der Waals surface area contributed by atoms with Gasteiger partial charge in [0.05, 0.1) is 34.0 Å². The maximum atomic E-state index is 13.0.